The number of hydrogen-bond donors (Lipinski definition) is 1. The second-order valence-electron chi connectivity index (χ2n) is 2.76. The first-order chi connectivity index (χ1) is 6.27. The van der Waals surface area contributed by atoms with Crippen LogP contribution in [0, 0.1) is 19.3 Å². The Kier molecular flexibility index (Phi) is 3.27. The van der Waals surface area contributed by atoms with Gasteiger partial charge in [-0.2, -0.15) is 0 Å². The number of aromatic nitrogens is 2. The Balaban J connectivity index is 2.74. The maximum absolute atomic E-state index is 5.32. The molecule has 0 aliphatic rings. The fourth-order valence-corrected chi connectivity index (χ4v) is 0.976. The third-order valence-corrected chi connectivity index (χ3v) is 1.80. The molecule has 1 heterocycles. The highest BCUT2D eigenvalue weighted by Gasteiger charge is 2.04. The van der Waals surface area contributed by atoms with Crippen molar-refractivity contribution in [1.29, 1.82) is 0 Å². The van der Waals surface area contributed by atoms with E-state index >= 15 is 0 Å². The van der Waals surface area contributed by atoms with Crippen molar-refractivity contribution in [3.8, 4) is 12.3 Å². The molecule has 1 aromatic heterocycles. The predicted octanol–water partition coefficient (Wildman–Crippen LogP) is 1.61. The Labute approximate surface area is 78.6 Å². The van der Waals surface area contributed by atoms with Gasteiger partial charge in [-0.25, -0.2) is 4.98 Å². The molecule has 3 nitrogen and oxygen atoms in total. The standard InChI is InChI=1S/C10H13N3/c1-4-9(5-2)13-10-8(3)11-6-7-12-10/h1,6-7,9H,5H2,2-3H3,(H,12,13). The normalized spacial score (nSPS) is 11.8. The zero-order valence-corrected chi connectivity index (χ0v) is 7.91. The van der Waals surface area contributed by atoms with Crippen molar-refractivity contribution < 1.29 is 0 Å². The van der Waals surface area contributed by atoms with Gasteiger partial charge in [0.05, 0.1) is 11.7 Å². The summed E-state index contributed by atoms with van der Waals surface area (Å²) in [7, 11) is 0. The molecule has 0 saturated heterocycles. The van der Waals surface area contributed by atoms with Crippen LogP contribution in [0.5, 0.6) is 0 Å². The van der Waals surface area contributed by atoms with Crippen LogP contribution in [0.3, 0.4) is 0 Å². The molecule has 1 N–H and O–H groups in total. The van der Waals surface area contributed by atoms with Crippen molar-refractivity contribution in [2.45, 2.75) is 26.3 Å². The molecular weight excluding hydrogens is 162 g/mol. The Morgan fingerprint density at radius 2 is 2.23 bits per heavy atom. The third kappa shape index (κ3) is 2.45. The van der Waals surface area contributed by atoms with Crippen molar-refractivity contribution in [3.05, 3.63) is 18.1 Å². The molecule has 0 radical (unpaired) electrons. The highest BCUT2D eigenvalue weighted by atomic mass is 15.0. The molecule has 13 heavy (non-hydrogen) atoms. The molecule has 0 bridgehead atoms. The zero-order valence-electron chi connectivity index (χ0n) is 7.91. The maximum atomic E-state index is 5.32. The van der Waals surface area contributed by atoms with Gasteiger partial charge in [0, 0.05) is 12.4 Å². The van der Waals surface area contributed by atoms with Crippen LogP contribution < -0.4 is 5.32 Å². The largest absolute Gasteiger partial charge is 0.355 e. The van der Waals surface area contributed by atoms with E-state index in [2.05, 4.69) is 21.2 Å². The SMILES string of the molecule is C#CC(CC)Nc1nccnc1C. The van der Waals surface area contributed by atoms with Gasteiger partial charge in [0.25, 0.3) is 0 Å². The van der Waals surface area contributed by atoms with E-state index in [1.807, 2.05) is 13.8 Å². The molecule has 0 aromatic carbocycles. The third-order valence-electron chi connectivity index (χ3n) is 1.80. The van der Waals surface area contributed by atoms with E-state index in [4.69, 9.17) is 6.42 Å². The number of anilines is 1. The fraction of sp³-hybridized carbons (Fsp3) is 0.400. The average Bonchev–Trinajstić information content (AvgIpc) is 2.17. The molecule has 1 rings (SSSR count). The van der Waals surface area contributed by atoms with Crippen LogP contribution >= 0.6 is 0 Å². The molecule has 0 spiro atoms. The number of rotatable bonds is 3. The quantitative estimate of drug-likeness (QED) is 0.709. The molecule has 0 amide bonds. The number of nitrogens with one attached hydrogen (secondary N) is 1. The lowest BCUT2D eigenvalue weighted by Crippen LogP contribution is -2.17. The number of hydrogen-bond acceptors (Lipinski definition) is 3. The van der Waals surface area contributed by atoms with Crippen LogP contribution in [0.15, 0.2) is 12.4 Å². The number of nitrogens with zero attached hydrogens (tertiary/aromatic N) is 2. The first-order valence-corrected chi connectivity index (χ1v) is 4.28. The summed E-state index contributed by atoms with van der Waals surface area (Å²) in [6.07, 6.45) is 9.52. The highest BCUT2D eigenvalue weighted by Crippen LogP contribution is 2.08. The molecule has 0 saturated carbocycles. The van der Waals surface area contributed by atoms with Crippen LogP contribution in [0.2, 0.25) is 0 Å². The van der Waals surface area contributed by atoms with Crippen molar-refractivity contribution in [1.82, 2.24) is 9.97 Å². The number of aryl methyl sites for hydroxylation is 1. The van der Waals surface area contributed by atoms with Crippen LogP contribution in [0.25, 0.3) is 0 Å². The van der Waals surface area contributed by atoms with Crippen molar-refractivity contribution in [2.75, 3.05) is 5.32 Å². The Hall–Kier alpha value is -1.56. The van der Waals surface area contributed by atoms with Gasteiger partial charge in [0.15, 0.2) is 0 Å². The maximum Gasteiger partial charge on any atom is 0.148 e. The molecule has 1 atom stereocenters. The lowest BCUT2D eigenvalue weighted by Gasteiger charge is -2.11. The van der Waals surface area contributed by atoms with E-state index in [1.54, 1.807) is 12.4 Å². The van der Waals surface area contributed by atoms with Gasteiger partial charge in [0.1, 0.15) is 5.82 Å². The molecule has 1 unspecified atom stereocenters. The van der Waals surface area contributed by atoms with Crippen LogP contribution in [0.1, 0.15) is 19.0 Å². The Bertz CT molecular complexity index is 314. The van der Waals surface area contributed by atoms with E-state index < -0.39 is 0 Å². The number of terminal acetylenes is 1. The molecular formula is C10H13N3. The van der Waals surface area contributed by atoms with E-state index in [1.165, 1.54) is 0 Å². The summed E-state index contributed by atoms with van der Waals surface area (Å²) >= 11 is 0. The second kappa shape index (κ2) is 4.46. The molecule has 68 valence electrons. The first-order valence-electron chi connectivity index (χ1n) is 4.28. The minimum atomic E-state index is 0.0374. The van der Waals surface area contributed by atoms with Gasteiger partial charge < -0.3 is 5.32 Å². The van der Waals surface area contributed by atoms with E-state index in [0.717, 1.165) is 17.9 Å². The first kappa shape index (κ1) is 9.53. The van der Waals surface area contributed by atoms with Crippen molar-refractivity contribution >= 4 is 5.82 Å². The summed E-state index contributed by atoms with van der Waals surface area (Å²) in [6.45, 7) is 3.93. The second-order valence-corrected chi connectivity index (χ2v) is 2.76. The van der Waals surface area contributed by atoms with Gasteiger partial charge in [-0.05, 0) is 13.3 Å². The fourth-order valence-electron chi connectivity index (χ4n) is 0.976. The van der Waals surface area contributed by atoms with Gasteiger partial charge in [0.2, 0.25) is 0 Å². The monoisotopic (exact) mass is 175 g/mol. The minimum Gasteiger partial charge on any atom is -0.355 e. The summed E-state index contributed by atoms with van der Waals surface area (Å²) < 4.78 is 0. The van der Waals surface area contributed by atoms with Gasteiger partial charge in [-0.15, -0.1) is 6.42 Å². The van der Waals surface area contributed by atoms with Crippen LogP contribution in [-0.2, 0) is 0 Å². The minimum absolute atomic E-state index is 0.0374. The van der Waals surface area contributed by atoms with Crippen molar-refractivity contribution in [2.24, 2.45) is 0 Å². The summed E-state index contributed by atoms with van der Waals surface area (Å²) in [5, 5.41) is 3.14. The molecule has 3 heteroatoms. The summed E-state index contributed by atoms with van der Waals surface area (Å²) in [5.41, 5.74) is 0.871. The molecule has 0 aliphatic carbocycles. The topological polar surface area (TPSA) is 37.8 Å². The smallest absolute Gasteiger partial charge is 0.148 e. The predicted molar refractivity (Wildman–Crippen MR) is 53.3 cm³/mol. The van der Waals surface area contributed by atoms with Crippen molar-refractivity contribution in [3.63, 3.8) is 0 Å². The lowest BCUT2D eigenvalue weighted by atomic mass is 10.2. The van der Waals surface area contributed by atoms with Gasteiger partial charge >= 0.3 is 0 Å². The Morgan fingerprint density at radius 3 is 2.77 bits per heavy atom. The van der Waals surface area contributed by atoms with Crippen LogP contribution in [0.4, 0.5) is 5.82 Å². The van der Waals surface area contributed by atoms with Gasteiger partial charge in [-0.1, -0.05) is 12.8 Å². The van der Waals surface area contributed by atoms with Gasteiger partial charge in [-0.3, -0.25) is 4.98 Å². The summed E-state index contributed by atoms with van der Waals surface area (Å²) in [6, 6.07) is 0.0374. The summed E-state index contributed by atoms with van der Waals surface area (Å²) in [4.78, 5) is 8.25. The molecule has 0 aliphatic heterocycles. The molecule has 1 aromatic rings. The van der Waals surface area contributed by atoms with E-state index in [0.29, 0.717) is 0 Å². The summed E-state index contributed by atoms with van der Waals surface area (Å²) in [5.74, 6) is 3.42. The lowest BCUT2D eigenvalue weighted by molar-refractivity contribution is 0.845. The Morgan fingerprint density at radius 1 is 1.54 bits per heavy atom. The highest BCUT2D eigenvalue weighted by molar-refractivity contribution is 5.41. The van der Waals surface area contributed by atoms with E-state index in [9.17, 15) is 0 Å². The molecule has 0 fully saturated rings. The average molecular weight is 175 g/mol. The van der Waals surface area contributed by atoms with E-state index in [-0.39, 0.29) is 6.04 Å². The van der Waals surface area contributed by atoms with Crippen LogP contribution in [-0.4, -0.2) is 16.0 Å². The zero-order chi connectivity index (χ0) is 9.68.